The number of esters is 1. The number of rotatable bonds is 3. The fourth-order valence-electron chi connectivity index (χ4n) is 2.86. The molecule has 3 rings (SSSR count). The monoisotopic (exact) mass is 331 g/mol. The lowest BCUT2D eigenvalue weighted by Crippen LogP contribution is -2.37. The van der Waals surface area contributed by atoms with Crippen LogP contribution >= 0.6 is 11.6 Å². The normalized spacial score (nSPS) is 20.1. The minimum absolute atomic E-state index is 0.193. The number of aromatic nitrogens is 2. The molecule has 0 amide bonds. The van der Waals surface area contributed by atoms with Crippen molar-refractivity contribution < 1.29 is 9.53 Å². The lowest BCUT2D eigenvalue weighted by atomic mass is 9.88. The lowest BCUT2D eigenvalue weighted by molar-refractivity contribution is -0.151. The summed E-state index contributed by atoms with van der Waals surface area (Å²) in [6.45, 7) is 5.50. The number of nitrogens with zero attached hydrogens (tertiary/aromatic N) is 3. The molecule has 0 aliphatic carbocycles. The third-order valence-corrected chi connectivity index (χ3v) is 4.14. The zero-order chi connectivity index (χ0) is 16.6. The number of hydrogen-bond acceptors (Lipinski definition) is 4. The summed E-state index contributed by atoms with van der Waals surface area (Å²) in [6.07, 6.45) is 1.48. The van der Waals surface area contributed by atoms with Gasteiger partial charge in [0.25, 0.3) is 0 Å². The maximum absolute atomic E-state index is 12.7. The largest absolute Gasteiger partial charge is 0.462 e. The molecule has 0 bridgehead atoms. The van der Waals surface area contributed by atoms with Crippen molar-refractivity contribution in [3.8, 4) is 0 Å². The van der Waals surface area contributed by atoms with Crippen LogP contribution in [0, 0.1) is 5.92 Å². The Labute approximate surface area is 139 Å². The number of aliphatic imine (C=N–C) groups is 1. The van der Waals surface area contributed by atoms with Crippen molar-refractivity contribution in [1.82, 2.24) is 9.78 Å². The van der Waals surface area contributed by atoms with Crippen LogP contribution in [0.2, 0.25) is 5.02 Å². The van der Waals surface area contributed by atoms with Crippen molar-refractivity contribution in [3.63, 3.8) is 0 Å². The average molecular weight is 332 g/mol. The van der Waals surface area contributed by atoms with Gasteiger partial charge in [-0.3, -0.25) is 4.79 Å². The highest BCUT2D eigenvalue weighted by Crippen LogP contribution is 2.39. The molecule has 0 fully saturated rings. The Hall–Kier alpha value is -2.14. The second-order valence-corrected chi connectivity index (χ2v) is 6.22. The molecule has 2 heterocycles. The molecule has 1 aromatic heterocycles. The van der Waals surface area contributed by atoms with Crippen LogP contribution in [0.15, 0.2) is 41.5 Å². The molecule has 23 heavy (non-hydrogen) atoms. The van der Waals surface area contributed by atoms with Gasteiger partial charge in [0, 0.05) is 16.8 Å². The minimum atomic E-state index is -0.551. The summed E-state index contributed by atoms with van der Waals surface area (Å²) in [6, 6.07) is 8.94. The Bertz CT molecular complexity index is 767. The second-order valence-electron chi connectivity index (χ2n) is 5.82. The van der Waals surface area contributed by atoms with E-state index >= 15 is 0 Å². The number of hydrogen-bond donors (Lipinski definition) is 0. The number of ether oxygens (including phenoxy) is 1. The molecule has 2 atom stereocenters. The topological polar surface area (TPSA) is 56.5 Å². The summed E-state index contributed by atoms with van der Waals surface area (Å²) in [7, 11) is 0. The zero-order valence-electron chi connectivity index (χ0n) is 13.2. The molecule has 1 aromatic carbocycles. The summed E-state index contributed by atoms with van der Waals surface area (Å²) in [5.74, 6) is -0.155. The van der Waals surface area contributed by atoms with E-state index in [1.165, 1.54) is 0 Å². The number of halogens is 1. The van der Waals surface area contributed by atoms with Gasteiger partial charge in [0.2, 0.25) is 0 Å². The highest BCUT2D eigenvalue weighted by Gasteiger charge is 2.40. The van der Waals surface area contributed by atoms with Crippen molar-refractivity contribution in [2.45, 2.75) is 32.9 Å². The summed E-state index contributed by atoms with van der Waals surface area (Å²) < 4.78 is 7.18. The van der Waals surface area contributed by atoms with Crippen molar-refractivity contribution in [3.05, 3.63) is 47.1 Å². The Balaban J connectivity index is 2.13. The van der Waals surface area contributed by atoms with Gasteiger partial charge in [0.15, 0.2) is 5.82 Å². The molecular weight excluding hydrogens is 314 g/mol. The SMILES string of the molecule is CC1=Nc2ccnn2C(c2ccccc2Cl)C1C(=O)OC(C)C. The van der Waals surface area contributed by atoms with E-state index in [0.717, 1.165) is 5.56 Å². The van der Waals surface area contributed by atoms with Crippen molar-refractivity contribution >= 4 is 29.1 Å². The first kappa shape index (κ1) is 15.7. The minimum Gasteiger partial charge on any atom is -0.462 e. The van der Waals surface area contributed by atoms with Gasteiger partial charge < -0.3 is 4.74 Å². The number of carbonyl (C=O) groups excluding carboxylic acids is 1. The summed E-state index contributed by atoms with van der Waals surface area (Å²) in [5, 5.41) is 4.94. The molecule has 0 N–H and O–H groups in total. The Morgan fingerprint density at radius 1 is 1.30 bits per heavy atom. The van der Waals surface area contributed by atoms with Gasteiger partial charge in [-0.15, -0.1) is 0 Å². The smallest absolute Gasteiger partial charge is 0.317 e. The first-order valence-corrected chi connectivity index (χ1v) is 7.90. The van der Waals surface area contributed by atoms with Crippen LogP contribution in [0.4, 0.5) is 5.82 Å². The third kappa shape index (κ3) is 2.88. The molecule has 1 aliphatic rings. The van der Waals surface area contributed by atoms with E-state index in [-0.39, 0.29) is 18.1 Å². The predicted molar refractivity (Wildman–Crippen MR) is 89.3 cm³/mol. The zero-order valence-corrected chi connectivity index (χ0v) is 14.0. The van der Waals surface area contributed by atoms with E-state index in [1.807, 2.05) is 51.1 Å². The molecule has 6 heteroatoms. The predicted octanol–water partition coefficient (Wildman–Crippen LogP) is 3.80. The van der Waals surface area contributed by atoms with Crippen LogP contribution in [-0.2, 0) is 9.53 Å². The summed E-state index contributed by atoms with van der Waals surface area (Å²) in [4.78, 5) is 17.2. The molecule has 0 saturated heterocycles. The van der Waals surface area contributed by atoms with Gasteiger partial charge in [-0.25, -0.2) is 9.67 Å². The fraction of sp³-hybridized carbons (Fsp3) is 0.353. The van der Waals surface area contributed by atoms with Crippen LogP contribution < -0.4 is 0 Å². The average Bonchev–Trinajstić information content (AvgIpc) is 2.93. The highest BCUT2D eigenvalue weighted by atomic mass is 35.5. The van der Waals surface area contributed by atoms with E-state index in [2.05, 4.69) is 10.1 Å². The van der Waals surface area contributed by atoms with E-state index in [4.69, 9.17) is 16.3 Å². The Morgan fingerprint density at radius 3 is 2.74 bits per heavy atom. The molecule has 1 aliphatic heterocycles. The lowest BCUT2D eigenvalue weighted by Gasteiger charge is -2.31. The highest BCUT2D eigenvalue weighted by molar-refractivity contribution is 6.31. The van der Waals surface area contributed by atoms with Gasteiger partial charge in [0.1, 0.15) is 5.92 Å². The molecule has 2 unspecified atom stereocenters. The Morgan fingerprint density at radius 2 is 2.04 bits per heavy atom. The second kappa shape index (κ2) is 6.16. The van der Waals surface area contributed by atoms with Crippen LogP contribution in [0.1, 0.15) is 32.4 Å². The summed E-state index contributed by atoms with van der Waals surface area (Å²) >= 11 is 6.38. The maximum atomic E-state index is 12.7. The van der Waals surface area contributed by atoms with Gasteiger partial charge in [0.05, 0.1) is 18.3 Å². The number of carbonyl (C=O) groups is 1. The first-order valence-electron chi connectivity index (χ1n) is 7.52. The molecular formula is C17H18ClN3O2. The van der Waals surface area contributed by atoms with Gasteiger partial charge >= 0.3 is 5.97 Å². The molecule has 120 valence electrons. The van der Waals surface area contributed by atoms with Crippen LogP contribution in [0.5, 0.6) is 0 Å². The Kier molecular flexibility index (Phi) is 4.22. The van der Waals surface area contributed by atoms with Crippen LogP contribution in [0.25, 0.3) is 0 Å². The van der Waals surface area contributed by atoms with Crippen molar-refractivity contribution in [2.75, 3.05) is 0 Å². The van der Waals surface area contributed by atoms with E-state index in [0.29, 0.717) is 16.6 Å². The number of fused-ring (bicyclic) bond motifs is 1. The maximum Gasteiger partial charge on any atom is 0.317 e. The standard InChI is InChI=1S/C17H18ClN3O2/c1-10(2)23-17(22)15-11(3)20-14-8-9-19-21(14)16(15)12-6-4-5-7-13(12)18/h4-10,15-16H,1-3H3. The van der Waals surface area contributed by atoms with Crippen LogP contribution in [0.3, 0.4) is 0 Å². The molecule has 0 saturated carbocycles. The van der Waals surface area contributed by atoms with Crippen molar-refractivity contribution in [1.29, 1.82) is 0 Å². The van der Waals surface area contributed by atoms with Gasteiger partial charge in [-0.2, -0.15) is 5.10 Å². The van der Waals surface area contributed by atoms with E-state index in [9.17, 15) is 4.79 Å². The van der Waals surface area contributed by atoms with E-state index < -0.39 is 5.92 Å². The fourth-order valence-corrected chi connectivity index (χ4v) is 3.11. The quantitative estimate of drug-likeness (QED) is 0.804. The van der Waals surface area contributed by atoms with Crippen LogP contribution in [-0.4, -0.2) is 27.6 Å². The summed E-state index contributed by atoms with van der Waals surface area (Å²) in [5.41, 5.74) is 1.53. The first-order chi connectivity index (χ1) is 11.0. The molecule has 0 spiro atoms. The number of benzene rings is 1. The molecule has 0 radical (unpaired) electrons. The van der Waals surface area contributed by atoms with Gasteiger partial charge in [-0.05, 0) is 32.4 Å². The van der Waals surface area contributed by atoms with Crippen molar-refractivity contribution in [2.24, 2.45) is 10.9 Å². The third-order valence-electron chi connectivity index (χ3n) is 3.80. The van der Waals surface area contributed by atoms with E-state index in [1.54, 1.807) is 10.9 Å². The molecule has 5 nitrogen and oxygen atoms in total. The molecule has 2 aromatic rings. The van der Waals surface area contributed by atoms with Gasteiger partial charge in [-0.1, -0.05) is 29.8 Å².